The van der Waals surface area contributed by atoms with Gasteiger partial charge >= 0.3 is 0 Å². The lowest BCUT2D eigenvalue weighted by molar-refractivity contribution is -0.160. The lowest BCUT2D eigenvalue weighted by Gasteiger charge is -2.46. The molecule has 2 fully saturated rings. The van der Waals surface area contributed by atoms with Crippen LogP contribution >= 0.6 is 0 Å². The molecule has 2 amide bonds. The summed E-state index contributed by atoms with van der Waals surface area (Å²) in [6.07, 6.45) is 4.63. The van der Waals surface area contributed by atoms with Crippen molar-refractivity contribution in [3.63, 3.8) is 0 Å². The predicted molar refractivity (Wildman–Crippen MR) is 76.1 cm³/mol. The SMILES string of the molecule is CN1CCN(C(=O)CC2(O)CCCCC2)C(C)(C)C1=O. The van der Waals surface area contributed by atoms with E-state index < -0.39 is 11.1 Å². The zero-order chi connectivity index (χ0) is 15.0. The van der Waals surface area contributed by atoms with Crippen molar-refractivity contribution in [2.45, 2.75) is 63.5 Å². The second kappa shape index (κ2) is 5.35. The molecule has 5 nitrogen and oxygen atoms in total. The summed E-state index contributed by atoms with van der Waals surface area (Å²) < 4.78 is 0. The highest BCUT2D eigenvalue weighted by Gasteiger charge is 2.44. The van der Waals surface area contributed by atoms with Gasteiger partial charge in [0.15, 0.2) is 0 Å². The van der Waals surface area contributed by atoms with E-state index in [1.165, 1.54) is 0 Å². The van der Waals surface area contributed by atoms with Crippen LogP contribution in [0, 0.1) is 0 Å². The van der Waals surface area contributed by atoms with Crippen LogP contribution in [-0.4, -0.2) is 58.0 Å². The molecule has 1 saturated carbocycles. The second-order valence-electron chi connectivity index (χ2n) is 6.79. The largest absolute Gasteiger partial charge is 0.389 e. The van der Waals surface area contributed by atoms with E-state index >= 15 is 0 Å². The lowest BCUT2D eigenvalue weighted by atomic mass is 9.81. The van der Waals surface area contributed by atoms with Crippen molar-refractivity contribution < 1.29 is 14.7 Å². The third-order valence-corrected chi connectivity index (χ3v) is 4.77. The first-order chi connectivity index (χ1) is 9.26. The van der Waals surface area contributed by atoms with Crippen molar-refractivity contribution in [3.05, 3.63) is 0 Å². The molecule has 2 rings (SSSR count). The van der Waals surface area contributed by atoms with Gasteiger partial charge in [-0.3, -0.25) is 9.59 Å². The van der Waals surface area contributed by atoms with Crippen molar-refractivity contribution in [3.8, 4) is 0 Å². The summed E-state index contributed by atoms with van der Waals surface area (Å²) in [6, 6.07) is 0. The van der Waals surface area contributed by atoms with Crippen molar-refractivity contribution in [2.24, 2.45) is 0 Å². The van der Waals surface area contributed by atoms with Crippen molar-refractivity contribution in [1.29, 1.82) is 0 Å². The number of piperazine rings is 1. The predicted octanol–water partition coefficient (Wildman–Crippen LogP) is 1.15. The Bertz CT molecular complexity index is 400. The van der Waals surface area contributed by atoms with Crippen molar-refractivity contribution >= 4 is 11.8 Å². The Kier molecular flexibility index (Phi) is 4.09. The van der Waals surface area contributed by atoms with E-state index in [0.717, 1.165) is 19.3 Å². The first-order valence-electron chi connectivity index (χ1n) is 7.55. The van der Waals surface area contributed by atoms with Gasteiger partial charge in [-0.1, -0.05) is 19.3 Å². The number of aliphatic hydroxyl groups is 1. The fraction of sp³-hybridized carbons (Fsp3) is 0.867. The van der Waals surface area contributed by atoms with Crippen molar-refractivity contribution in [1.82, 2.24) is 9.80 Å². The monoisotopic (exact) mass is 282 g/mol. The minimum absolute atomic E-state index is 0.0345. The van der Waals surface area contributed by atoms with E-state index in [1.54, 1.807) is 30.7 Å². The van der Waals surface area contributed by atoms with Crippen LogP contribution in [-0.2, 0) is 9.59 Å². The zero-order valence-electron chi connectivity index (χ0n) is 12.8. The minimum Gasteiger partial charge on any atom is -0.389 e. The molecule has 5 heteroatoms. The average molecular weight is 282 g/mol. The highest BCUT2D eigenvalue weighted by molar-refractivity contribution is 5.92. The minimum atomic E-state index is -0.863. The molecule has 0 atom stereocenters. The zero-order valence-corrected chi connectivity index (χ0v) is 12.8. The van der Waals surface area contributed by atoms with Crippen molar-refractivity contribution in [2.75, 3.05) is 20.1 Å². The van der Waals surface area contributed by atoms with Gasteiger partial charge in [0.25, 0.3) is 0 Å². The maximum Gasteiger partial charge on any atom is 0.247 e. The summed E-state index contributed by atoms with van der Waals surface area (Å²) in [6.45, 7) is 4.68. The van der Waals surface area contributed by atoms with Gasteiger partial charge in [-0.05, 0) is 26.7 Å². The fourth-order valence-electron chi connectivity index (χ4n) is 3.41. The molecule has 1 heterocycles. The van der Waals surface area contributed by atoms with E-state index in [2.05, 4.69) is 0 Å². The molecule has 2 aliphatic rings. The number of nitrogens with zero attached hydrogens (tertiary/aromatic N) is 2. The Morgan fingerprint density at radius 1 is 1.20 bits per heavy atom. The second-order valence-corrected chi connectivity index (χ2v) is 6.79. The van der Waals surface area contributed by atoms with Gasteiger partial charge in [-0.15, -0.1) is 0 Å². The van der Waals surface area contributed by atoms with Crippen LogP contribution in [0.2, 0.25) is 0 Å². The summed E-state index contributed by atoms with van der Waals surface area (Å²) in [5.74, 6) is -0.131. The van der Waals surface area contributed by atoms with Gasteiger partial charge in [0.1, 0.15) is 5.54 Å². The molecular weight excluding hydrogens is 256 g/mol. The van der Waals surface area contributed by atoms with E-state index in [4.69, 9.17) is 0 Å². The summed E-state index contributed by atoms with van der Waals surface area (Å²) in [7, 11) is 1.76. The van der Waals surface area contributed by atoms with Crippen LogP contribution in [0.5, 0.6) is 0 Å². The van der Waals surface area contributed by atoms with Gasteiger partial charge in [0.05, 0.1) is 12.0 Å². The van der Waals surface area contributed by atoms with Gasteiger partial charge in [0, 0.05) is 20.1 Å². The first-order valence-corrected chi connectivity index (χ1v) is 7.55. The molecule has 0 aromatic carbocycles. The maximum atomic E-state index is 12.5. The Morgan fingerprint density at radius 3 is 2.40 bits per heavy atom. The van der Waals surface area contributed by atoms with Crippen LogP contribution in [0.4, 0.5) is 0 Å². The van der Waals surface area contributed by atoms with E-state index in [0.29, 0.717) is 25.9 Å². The molecule has 0 spiro atoms. The van der Waals surface area contributed by atoms with Gasteiger partial charge in [0.2, 0.25) is 11.8 Å². The van der Waals surface area contributed by atoms with Gasteiger partial charge in [-0.25, -0.2) is 0 Å². The number of carbonyl (C=O) groups is 2. The smallest absolute Gasteiger partial charge is 0.247 e. The topological polar surface area (TPSA) is 60.9 Å². The van der Waals surface area contributed by atoms with Gasteiger partial charge < -0.3 is 14.9 Å². The highest BCUT2D eigenvalue weighted by Crippen LogP contribution is 2.33. The maximum absolute atomic E-state index is 12.5. The standard InChI is InChI=1S/C15H26N2O3/c1-14(2)13(19)16(3)9-10-17(14)12(18)11-15(20)7-5-4-6-8-15/h20H,4-11H2,1-3H3. The quantitative estimate of drug-likeness (QED) is 0.826. The molecule has 1 aliphatic carbocycles. The normalized spacial score (nSPS) is 25.7. The van der Waals surface area contributed by atoms with Crippen LogP contribution in [0.3, 0.4) is 0 Å². The third kappa shape index (κ3) is 2.82. The number of hydrogen-bond donors (Lipinski definition) is 1. The van der Waals surface area contributed by atoms with Crippen LogP contribution in [0.1, 0.15) is 52.4 Å². The molecule has 1 N–H and O–H groups in total. The first kappa shape index (κ1) is 15.3. The highest BCUT2D eigenvalue weighted by atomic mass is 16.3. The average Bonchev–Trinajstić information content (AvgIpc) is 2.36. The molecule has 1 saturated heterocycles. The summed E-state index contributed by atoms with van der Waals surface area (Å²) >= 11 is 0. The molecule has 0 aromatic rings. The number of likely N-dealkylation sites (N-methyl/N-ethyl adjacent to an activating group) is 1. The fourth-order valence-corrected chi connectivity index (χ4v) is 3.41. The van der Waals surface area contributed by atoms with E-state index in [1.807, 2.05) is 0 Å². The molecular formula is C15H26N2O3. The number of carbonyl (C=O) groups excluding carboxylic acids is 2. The number of hydrogen-bond acceptors (Lipinski definition) is 3. The van der Waals surface area contributed by atoms with Crippen LogP contribution in [0.25, 0.3) is 0 Å². The summed E-state index contributed by atoms with van der Waals surface area (Å²) in [5.41, 5.74) is -1.67. The molecule has 0 radical (unpaired) electrons. The Hall–Kier alpha value is -1.10. The van der Waals surface area contributed by atoms with Crippen LogP contribution in [0.15, 0.2) is 0 Å². The van der Waals surface area contributed by atoms with Gasteiger partial charge in [-0.2, -0.15) is 0 Å². The Morgan fingerprint density at radius 2 is 1.80 bits per heavy atom. The molecule has 1 aliphatic heterocycles. The molecule has 0 unspecified atom stereocenters. The molecule has 114 valence electrons. The molecule has 0 bridgehead atoms. The Balaban J connectivity index is 2.07. The van der Waals surface area contributed by atoms with E-state index in [9.17, 15) is 14.7 Å². The lowest BCUT2D eigenvalue weighted by Crippen LogP contribution is -2.64. The Labute approximate surface area is 120 Å². The summed E-state index contributed by atoms with van der Waals surface area (Å²) in [5, 5.41) is 10.5. The molecule has 20 heavy (non-hydrogen) atoms. The molecule has 0 aromatic heterocycles. The van der Waals surface area contributed by atoms with E-state index in [-0.39, 0.29) is 18.2 Å². The third-order valence-electron chi connectivity index (χ3n) is 4.77. The summed E-state index contributed by atoms with van der Waals surface area (Å²) in [4.78, 5) is 28.0. The number of amides is 2. The number of rotatable bonds is 2. The van der Waals surface area contributed by atoms with Crippen LogP contribution < -0.4 is 0 Å².